The number of carboxylic acids is 1. The molecule has 3 atom stereocenters. The minimum absolute atomic E-state index is 0. The van der Waals surface area contributed by atoms with E-state index in [4.69, 9.17) is 26.6 Å². The molecular formula is C8H9KN4O2S. The second-order valence-corrected chi connectivity index (χ2v) is 3.67. The fourth-order valence-electron chi connectivity index (χ4n) is 0.838. The first kappa shape index (κ1) is 18.3. The molecule has 0 fully saturated rings. The molecule has 0 heterocycles. The fourth-order valence-corrected chi connectivity index (χ4v) is 1.60. The Balaban J connectivity index is 0. The van der Waals surface area contributed by atoms with E-state index in [1.165, 1.54) is 0 Å². The molecule has 0 bridgehead atoms. The maximum atomic E-state index is 10.5. The Morgan fingerprint density at radius 2 is 1.94 bits per heavy atom. The topological polar surface area (TPSA) is 135 Å². The zero-order valence-electron chi connectivity index (χ0n) is 7.62. The van der Waals surface area contributed by atoms with Crippen molar-refractivity contribution in [2.45, 2.75) is 11.3 Å². The van der Waals surface area contributed by atoms with Crippen molar-refractivity contribution in [1.29, 1.82) is 15.8 Å². The molecule has 0 saturated heterocycles. The summed E-state index contributed by atoms with van der Waals surface area (Å²) in [6.07, 6.45) is 0. The predicted molar refractivity (Wildman–Crippen MR) is 59.3 cm³/mol. The van der Waals surface area contributed by atoms with Gasteiger partial charge in [-0.3, -0.25) is 4.79 Å². The van der Waals surface area contributed by atoms with E-state index >= 15 is 0 Å². The first-order valence-electron chi connectivity index (χ1n) is 3.84. The molecule has 0 amide bonds. The van der Waals surface area contributed by atoms with Crippen LogP contribution in [0.4, 0.5) is 0 Å². The first-order chi connectivity index (χ1) is 7.08. The molecule has 0 radical (unpaired) electrons. The number of nitriles is 3. The molecule has 3 N–H and O–H groups in total. The van der Waals surface area contributed by atoms with Gasteiger partial charge in [-0.2, -0.15) is 15.8 Å². The van der Waals surface area contributed by atoms with E-state index in [0.717, 1.165) is 11.8 Å². The maximum absolute atomic E-state index is 10.5. The van der Waals surface area contributed by atoms with E-state index in [1.807, 2.05) is 0 Å². The van der Waals surface area contributed by atoms with E-state index in [2.05, 4.69) is 0 Å². The molecule has 0 aromatic rings. The van der Waals surface area contributed by atoms with Crippen LogP contribution in [0.15, 0.2) is 0 Å². The van der Waals surface area contributed by atoms with Gasteiger partial charge in [0.25, 0.3) is 0 Å². The zero-order chi connectivity index (χ0) is 11.8. The number of thioether (sulfide) groups is 1. The normalized spacial score (nSPS) is 14.1. The third-order valence-electron chi connectivity index (χ3n) is 1.60. The van der Waals surface area contributed by atoms with Gasteiger partial charge in [-0.15, -0.1) is 11.8 Å². The number of rotatable bonds is 5. The van der Waals surface area contributed by atoms with Crippen LogP contribution in [0.1, 0.15) is 0 Å². The van der Waals surface area contributed by atoms with Crippen molar-refractivity contribution in [3.05, 3.63) is 0 Å². The molecule has 0 aromatic heterocycles. The summed E-state index contributed by atoms with van der Waals surface area (Å²) in [4.78, 5) is 10.5. The second kappa shape index (κ2) is 10.1. The van der Waals surface area contributed by atoms with Crippen molar-refractivity contribution in [2.24, 2.45) is 11.7 Å². The van der Waals surface area contributed by atoms with Crippen LogP contribution in [0.25, 0.3) is 0 Å². The van der Waals surface area contributed by atoms with E-state index < -0.39 is 23.2 Å². The monoisotopic (exact) mass is 264 g/mol. The number of hydrogen-bond acceptors (Lipinski definition) is 6. The molecule has 0 aliphatic rings. The Labute approximate surface area is 140 Å². The van der Waals surface area contributed by atoms with Crippen molar-refractivity contribution in [3.63, 3.8) is 0 Å². The van der Waals surface area contributed by atoms with Gasteiger partial charge in [0, 0.05) is 0 Å². The molecule has 0 spiro atoms. The summed E-state index contributed by atoms with van der Waals surface area (Å²) in [6.45, 7) is 0. The molecule has 0 aromatic carbocycles. The fraction of sp³-hybridized carbons (Fsp3) is 0.500. The summed E-state index contributed by atoms with van der Waals surface area (Å²) in [5.41, 5.74) is 5.25. The van der Waals surface area contributed by atoms with Crippen LogP contribution < -0.4 is 5.73 Å². The SMILES string of the molecule is N#CCSC(C#N)C(C#N)C(N)C(=O)O.[KH]. The molecule has 0 aliphatic heterocycles. The molecule has 0 saturated carbocycles. The van der Waals surface area contributed by atoms with Crippen LogP contribution in [0.5, 0.6) is 0 Å². The van der Waals surface area contributed by atoms with Crippen molar-refractivity contribution < 1.29 is 9.90 Å². The van der Waals surface area contributed by atoms with Gasteiger partial charge in [-0.25, -0.2) is 0 Å². The average molecular weight is 264 g/mol. The molecule has 0 rings (SSSR count). The Kier molecular flexibility index (Phi) is 11.5. The Morgan fingerprint density at radius 3 is 2.25 bits per heavy atom. The summed E-state index contributed by atoms with van der Waals surface area (Å²) in [5, 5.41) is 33.4. The number of carbonyl (C=O) groups is 1. The van der Waals surface area contributed by atoms with Crippen LogP contribution in [0, 0.1) is 39.9 Å². The molecular weight excluding hydrogens is 255 g/mol. The summed E-state index contributed by atoms with van der Waals surface area (Å²) in [7, 11) is 0. The molecule has 8 heteroatoms. The van der Waals surface area contributed by atoms with Crippen molar-refractivity contribution >= 4 is 69.1 Å². The van der Waals surface area contributed by atoms with Gasteiger partial charge in [0.2, 0.25) is 0 Å². The minimum atomic E-state index is -1.41. The van der Waals surface area contributed by atoms with Gasteiger partial charge in [0.15, 0.2) is 0 Å². The molecule has 3 unspecified atom stereocenters. The van der Waals surface area contributed by atoms with Crippen LogP contribution >= 0.6 is 11.8 Å². The van der Waals surface area contributed by atoms with E-state index in [-0.39, 0.29) is 57.1 Å². The van der Waals surface area contributed by atoms with Gasteiger partial charge < -0.3 is 10.8 Å². The van der Waals surface area contributed by atoms with Gasteiger partial charge in [0.05, 0.1) is 29.9 Å². The number of hydrogen-bond donors (Lipinski definition) is 2. The number of carboxylic acid groups (broad SMARTS) is 1. The summed E-state index contributed by atoms with van der Waals surface area (Å²) >= 11 is 0.912. The molecule has 16 heavy (non-hydrogen) atoms. The molecule has 80 valence electrons. The summed E-state index contributed by atoms with van der Waals surface area (Å²) < 4.78 is 0. The predicted octanol–water partition coefficient (Wildman–Crippen LogP) is -0.961. The van der Waals surface area contributed by atoms with E-state index in [9.17, 15) is 4.79 Å². The third-order valence-corrected chi connectivity index (χ3v) is 2.66. The number of aliphatic carboxylic acids is 1. The number of nitrogens with two attached hydrogens (primary N) is 1. The van der Waals surface area contributed by atoms with E-state index in [0.29, 0.717) is 0 Å². The summed E-state index contributed by atoms with van der Waals surface area (Å²) in [6, 6.07) is 3.84. The third kappa shape index (κ3) is 5.83. The van der Waals surface area contributed by atoms with Gasteiger partial charge in [-0.05, 0) is 0 Å². The number of nitrogens with zero attached hydrogens (tertiary/aromatic N) is 3. The average Bonchev–Trinajstić information content (AvgIpc) is 2.23. The Morgan fingerprint density at radius 1 is 1.38 bits per heavy atom. The Hall–Kier alpha value is -0.114. The van der Waals surface area contributed by atoms with Crippen molar-refractivity contribution in [2.75, 3.05) is 5.75 Å². The second-order valence-electron chi connectivity index (χ2n) is 2.54. The van der Waals surface area contributed by atoms with Crippen molar-refractivity contribution in [1.82, 2.24) is 0 Å². The van der Waals surface area contributed by atoms with Crippen LogP contribution in [-0.2, 0) is 4.79 Å². The van der Waals surface area contributed by atoms with Crippen LogP contribution in [0.2, 0.25) is 0 Å². The van der Waals surface area contributed by atoms with E-state index in [1.54, 1.807) is 18.2 Å². The molecule has 6 nitrogen and oxygen atoms in total. The zero-order valence-corrected chi connectivity index (χ0v) is 8.44. The first-order valence-corrected chi connectivity index (χ1v) is 4.89. The van der Waals surface area contributed by atoms with Crippen LogP contribution in [0.3, 0.4) is 0 Å². The van der Waals surface area contributed by atoms with Crippen LogP contribution in [-0.4, -0.2) is 79.5 Å². The van der Waals surface area contributed by atoms with Gasteiger partial charge in [0.1, 0.15) is 11.3 Å². The van der Waals surface area contributed by atoms with Gasteiger partial charge in [-0.1, -0.05) is 0 Å². The molecule has 0 aliphatic carbocycles. The quantitative estimate of drug-likeness (QED) is 0.610. The van der Waals surface area contributed by atoms with Crippen molar-refractivity contribution in [3.8, 4) is 18.2 Å². The summed E-state index contributed by atoms with van der Waals surface area (Å²) in [5.74, 6) is -2.44. The Bertz CT molecular complexity index is 357. The standard InChI is InChI=1S/C8H8N4O2S.K.H/c9-1-2-15-6(4-11)5(3-10)7(12)8(13)14;;/h5-7H,2,12H2,(H,13,14);;. The van der Waals surface area contributed by atoms with Gasteiger partial charge >= 0.3 is 57.4 Å².